The number of benzene rings is 1. The fraction of sp³-hybridized carbons (Fsp3) is 0.333. The summed E-state index contributed by atoms with van der Waals surface area (Å²) < 4.78 is 0. The van der Waals surface area contributed by atoms with Crippen molar-refractivity contribution in [3.63, 3.8) is 0 Å². The highest BCUT2D eigenvalue weighted by Crippen LogP contribution is 2.33. The number of hydrogen-bond donors (Lipinski definition) is 1. The standard InChI is InChI=1S/C15H19NS/c1-10-5-6-11(2)13(9-10)15(4,16)14-8-7-12(3)17-14/h5-9H,16H2,1-4H3. The van der Waals surface area contributed by atoms with Crippen LogP contribution < -0.4 is 5.73 Å². The van der Waals surface area contributed by atoms with Gasteiger partial charge in [-0.1, -0.05) is 23.8 Å². The topological polar surface area (TPSA) is 26.0 Å². The lowest BCUT2D eigenvalue weighted by atomic mass is 9.87. The lowest BCUT2D eigenvalue weighted by molar-refractivity contribution is 0.612. The highest BCUT2D eigenvalue weighted by atomic mass is 32.1. The molecule has 0 saturated heterocycles. The van der Waals surface area contributed by atoms with Gasteiger partial charge in [0.05, 0.1) is 5.54 Å². The van der Waals surface area contributed by atoms with E-state index in [1.54, 1.807) is 11.3 Å². The van der Waals surface area contributed by atoms with Crippen molar-refractivity contribution < 1.29 is 0 Å². The van der Waals surface area contributed by atoms with Crippen molar-refractivity contribution in [2.75, 3.05) is 0 Å². The van der Waals surface area contributed by atoms with Crippen LogP contribution in [0.4, 0.5) is 0 Å². The summed E-state index contributed by atoms with van der Waals surface area (Å²) in [4.78, 5) is 2.53. The Bertz CT molecular complexity index is 538. The molecule has 0 amide bonds. The smallest absolute Gasteiger partial charge is 0.0733 e. The lowest BCUT2D eigenvalue weighted by Gasteiger charge is -2.26. The van der Waals surface area contributed by atoms with Gasteiger partial charge in [0, 0.05) is 9.75 Å². The van der Waals surface area contributed by atoms with Gasteiger partial charge in [-0.15, -0.1) is 11.3 Å². The molecular weight excluding hydrogens is 226 g/mol. The van der Waals surface area contributed by atoms with Crippen molar-refractivity contribution in [2.45, 2.75) is 33.2 Å². The molecule has 1 aromatic carbocycles. The Labute approximate surface area is 107 Å². The Hall–Kier alpha value is -1.12. The van der Waals surface area contributed by atoms with Crippen molar-refractivity contribution in [2.24, 2.45) is 5.73 Å². The molecule has 1 heterocycles. The zero-order valence-corrected chi connectivity index (χ0v) is 11.7. The summed E-state index contributed by atoms with van der Waals surface area (Å²) in [7, 11) is 0. The van der Waals surface area contributed by atoms with Crippen LogP contribution in [0.3, 0.4) is 0 Å². The molecule has 90 valence electrons. The first-order valence-corrected chi connectivity index (χ1v) is 6.66. The van der Waals surface area contributed by atoms with E-state index in [-0.39, 0.29) is 0 Å². The van der Waals surface area contributed by atoms with E-state index in [4.69, 9.17) is 5.73 Å². The van der Waals surface area contributed by atoms with Crippen LogP contribution in [0.2, 0.25) is 0 Å². The molecule has 2 aromatic rings. The first-order chi connectivity index (χ1) is 7.91. The average Bonchev–Trinajstić information content (AvgIpc) is 2.69. The van der Waals surface area contributed by atoms with Crippen molar-refractivity contribution >= 4 is 11.3 Å². The van der Waals surface area contributed by atoms with Crippen molar-refractivity contribution in [1.82, 2.24) is 0 Å². The maximum atomic E-state index is 6.55. The van der Waals surface area contributed by atoms with E-state index in [0.29, 0.717) is 0 Å². The Balaban J connectivity index is 2.54. The SMILES string of the molecule is Cc1ccc(C)c(C(C)(N)c2ccc(C)s2)c1. The van der Waals surface area contributed by atoms with Gasteiger partial charge in [0.15, 0.2) is 0 Å². The number of aryl methyl sites for hydroxylation is 3. The van der Waals surface area contributed by atoms with Crippen LogP contribution in [0, 0.1) is 20.8 Å². The summed E-state index contributed by atoms with van der Waals surface area (Å²) in [5.74, 6) is 0. The minimum atomic E-state index is -0.394. The maximum Gasteiger partial charge on any atom is 0.0733 e. The highest BCUT2D eigenvalue weighted by Gasteiger charge is 2.26. The first-order valence-electron chi connectivity index (χ1n) is 5.85. The van der Waals surface area contributed by atoms with Crippen LogP contribution >= 0.6 is 11.3 Å². The lowest BCUT2D eigenvalue weighted by Crippen LogP contribution is -2.34. The zero-order valence-electron chi connectivity index (χ0n) is 10.9. The normalized spacial score (nSPS) is 14.6. The van der Waals surface area contributed by atoms with Crippen molar-refractivity contribution in [3.8, 4) is 0 Å². The minimum Gasteiger partial charge on any atom is -0.317 e. The largest absolute Gasteiger partial charge is 0.317 e. The number of thiophene rings is 1. The number of nitrogens with two attached hydrogens (primary N) is 1. The van der Waals surface area contributed by atoms with E-state index in [0.717, 1.165) is 0 Å². The molecule has 2 rings (SSSR count). The third kappa shape index (κ3) is 2.28. The molecule has 0 bridgehead atoms. The molecule has 0 aliphatic heterocycles. The van der Waals surface area contributed by atoms with E-state index >= 15 is 0 Å². The third-order valence-electron chi connectivity index (χ3n) is 3.20. The summed E-state index contributed by atoms with van der Waals surface area (Å²) in [5, 5.41) is 0. The molecule has 1 aromatic heterocycles. The molecule has 1 unspecified atom stereocenters. The van der Waals surface area contributed by atoms with Gasteiger partial charge in [0.25, 0.3) is 0 Å². The summed E-state index contributed by atoms with van der Waals surface area (Å²) in [6.45, 7) is 8.45. The van der Waals surface area contributed by atoms with Crippen LogP contribution in [0.1, 0.15) is 33.4 Å². The molecule has 0 spiro atoms. The summed E-state index contributed by atoms with van der Waals surface area (Å²) in [5.41, 5.74) is 9.90. The quantitative estimate of drug-likeness (QED) is 0.853. The Morgan fingerprint density at radius 1 is 1.06 bits per heavy atom. The summed E-state index contributed by atoms with van der Waals surface area (Å²) >= 11 is 1.78. The third-order valence-corrected chi connectivity index (χ3v) is 4.44. The molecule has 17 heavy (non-hydrogen) atoms. The van der Waals surface area contributed by atoms with E-state index < -0.39 is 5.54 Å². The van der Waals surface area contributed by atoms with Gasteiger partial charge in [-0.05, 0) is 51.0 Å². The Kier molecular flexibility index (Phi) is 3.11. The fourth-order valence-electron chi connectivity index (χ4n) is 2.14. The monoisotopic (exact) mass is 245 g/mol. The van der Waals surface area contributed by atoms with Gasteiger partial charge < -0.3 is 5.73 Å². The summed E-state index contributed by atoms with van der Waals surface area (Å²) in [6.07, 6.45) is 0. The van der Waals surface area contributed by atoms with Crippen LogP contribution in [0.5, 0.6) is 0 Å². The molecule has 1 atom stereocenters. The van der Waals surface area contributed by atoms with E-state index in [9.17, 15) is 0 Å². The second kappa shape index (κ2) is 4.28. The predicted molar refractivity (Wildman–Crippen MR) is 75.6 cm³/mol. The molecule has 0 aliphatic carbocycles. The van der Waals surface area contributed by atoms with Crippen LogP contribution in [0.25, 0.3) is 0 Å². The Morgan fingerprint density at radius 3 is 2.35 bits per heavy atom. The molecule has 2 N–H and O–H groups in total. The second-order valence-corrected chi connectivity index (χ2v) is 6.22. The zero-order chi connectivity index (χ0) is 12.6. The number of hydrogen-bond acceptors (Lipinski definition) is 2. The van der Waals surface area contributed by atoms with Gasteiger partial charge >= 0.3 is 0 Å². The molecule has 1 nitrogen and oxygen atoms in total. The summed E-state index contributed by atoms with van der Waals surface area (Å²) in [6, 6.07) is 10.8. The van der Waals surface area contributed by atoms with E-state index in [1.165, 1.54) is 26.4 Å². The van der Waals surface area contributed by atoms with E-state index in [1.807, 2.05) is 0 Å². The molecule has 0 fully saturated rings. The van der Waals surface area contributed by atoms with Gasteiger partial charge in [0.2, 0.25) is 0 Å². The van der Waals surface area contributed by atoms with Gasteiger partial charge in [0.1, 0.15) is 0 Å². The number of rotatable bonds is 2. The van der Waals surface area contributed by atoms with E-state index in [2.05, 4.69) is 58.0 Å². The van der Waals surface area contributed by atoms with Gasteiger partial charge in [-0.25, -0.2) is 0 Å². The fourth-order valence-corrected chi connectivity index (χ4v) is 3.08. The second-order valence-electron chi connectivity index (χ2n) is 4.93. The van der Waals surface area contributed by atoms with Crippen LogP contribution in [0.15, 0.2) is 30.3 Å². The van der Waals surface area contributed by atoms with Gasteiger partial charge in [-0.2, -0.15) is 0 Å². The minimum absolute atomic E-state index is 0.394. The molecule has 0 radical (unpaired) electrons. The molecule has 0 saturated carbocycles. The molecular formula is C15H19NS. The van der Waals surface area contributed by atoms with Gasteiger partial charge in [-0.3, -0.25) is 0 Å². The Morgan fingerprint density at radius 2 is 1.76 bits per heavy atom. The van der Waals surface area contributed by atoms with Crippen molar-refractivity contribution in [1.29, 1.82) is 0 Å². The molecule has 2 heteroatoms. The first kappa shape index (κ1) is 12.3. The van der Waals surface area contributed by atoms with Crippen molar-refractivity contribution in [3.05, 3.63) is 56.8 Å². The highest BCUT2D eigenvalue weighted by molar-refractivity contribution is 7.12. The average molecular weight is 245 g/mol. The maximum absolute atomic E-state index is 6.55. The predicted octanol–water partition coefficient (Wildman–Crippen LogP) is 3.90. The van der Waals surface area contributed by atoms with Crippen LogP contribution in [-0.4, -0.2) is 0 Å². The molecule has 0 aliphatic rings. The van der Waals surface area contributed by atoms with Crippen LogP contribution in [-0.2, 0) is 5.54 Å².